The van der Waals surface area contributed by atoms with Crippen LogP contribution in [0.1, 0.15) is 18.9 Å². The Morgan fingerprint density at radius 1 is 1.06 bits per heavy atom. The van der Waals surface area contributed by atoms with Crippen molar-refractivity contribution in [1.29, 1.82) is 0 Å². The normalized spacial score (nSPS) is 14.4. The minimum absolute atomic E-state index is 0.0154. The number of sulfonamides is 1. The van der Waals surface area contributed by atoms with Crippen molar-refractivity contribution in [3.8, 4) is 11.1 Å². The van der Waals surface area contributed by atoms with E-state index in [1.54, 1.807) is 25.5 Å². The van der Waals surface area contributed by atoms with Gasteiger partial charge in [-0.25, -0.2) is 4.98 Å². The Morgan fingerprint density at radius 2 is 1.91 bits per heavy atom. The number of hydrogen-bond donors (Lipinski definition) is 1. The van der Waals surface area contributed by atoms with E-state index in [0.29, 0.717) is 11.7 Å². The minimum atomic E-state index is -3.83. The lowest BCUT2D eigenvalue weighted by Gasteiger charge is -2.10. The molecule has 0 amide bonds. The largest absolute Gasteiger partial charge is 0.351 e. The van der Waals surface area contributed by atoms with Crippen molar-refractivity contribution in [3.05, 3.63) is 61.2 Å². The van der Waals surface area contributed by atoms with Crippen LogP contribution in [-0.2, 0) is 24.1 Å². The van der Waals surface area contributed by atoms with Gasteiger partial charge in [0.15, 0.2) is 5.03 Å². The number of aryl methyl sites for hydroxylation is 2. The number of hydrogen-bond acceptors (Lipinski definition) is 4. The average molecular weight is 447 g/mol. The number of nitrogens with one attached hydrogen (secondary N) is 1. The fourth-order valence-electron chi connectivity index (χ4n) is 4.28. The lowest BCUT2D eigenvalue weighted by molar-refractivity contribution is 0.593. The molecule has 1 aromatic carbocycles. The Bertz CT molecular complexity index is 1600. The number of nitrogens with zero attached hydrogens (tertiary/aromatic N) is 5. The van der Waals surface area contributed by atoms with Gasteiger partial charge >= 0.3 is 0 Å². The monoisotopic (exact) mass is 446 g/mol. The molecule has 1 aliphatic carbocycles. The van der Waals surface area contributed by atoms with Crippen molar-refractivity contribution in [2.75, 3.05) is 4.72 Å². The molecular formula is C23H22N6O2S. The summed E-state index contributed by atoms with van der Waals surface area (Å²) in [5.74, 6) is 0. The Kier molecular flexibility index (Phi) is 4.00. The first-order chi connectivity index (χ1) is 15.4. The van der Waals surface area contributed by atoms with Crippen LogP contribution in [0, 0.1) is 0 Å². The summed E-state index contributed by atoms with van der Waals surface area (Å²) in [6.45, 7) is 0. The molecule has 0 bridgehead atoms. The summed E-state index contributed by atoms with van der Waals surface area (Å²) in [5, 5.41) is 6.01. The molecule has 0 atom stereocenters. The highest BCUT2D eigenvalue weighted by molar-refractivity contribution is 7.92. The van der Waals surface area contributed by atoms with Crippen LogP contribution in [0.25, 0.3) is 33.1 Å². The molecule has 0 radical (unpaired) electrons. The van der Waals surface area contributed by atoms with Gasteiger partial charge in [-0.05, 0) is 48.1 Å². The molecule has 0 saturated heterocycles. The first-order valence-corrected chi connectivity index (χ1v) is 12.0. The standard InChI is InChI=1S/C23H22N6O2S/c1-27-11-8-15-3-4-16(13-20(15)27)18-14-29(17-5-6-17)23-22(18)19(7-10-24-23)26-32(30,31)21-9-12-28(2)25-21/h3-4,7-14,17H,5-6H2,1-2H3,(H,24,26). The molecule has 6 rings (SSSR count). The SMILES string of the molecule is Cn1ccc(S(=O)(=O)Nc2ccnc3c2c(-c2ccc4ccn(C)c4c2)cn3C2CC2)n1. The quantitative estimate of drug-likeness (QED) is 0.441. The molecule has 0 aliphatic heterocycles. The fourth-order valence-corrected chi connectivity index (χ4v) is 5.32. The van der Waals surface area contributed by atoms with Gasteiger partial charge in [-0.15, -0.1) is 0 Å². The summed E-state index contributed by atoms with van der Waals surface area (Å²) in [6.07, 6.45) is 9.62. The van der Waals surface area contributed by atoms with Crippen LogP contribution in [0.4, 0.5) is 5.69 Å². The number of fused-ring (bicyclic) bond motifs is 2. The van der Waals surface area contributed by atoms with Gasteiger partial charge < -0.3 is 9.13 Å². The molecule has 0 unspecified atom stereocenters. The van der Waals surface area contributed by atoms with E-state index in [0.717, 1.165) is 45.9 Å². The first kappa shape index (κ1) is 19.1. The second-order valence-corrected chi connectivity index (χ2v) is 10.0. The van der Waals surface area contributed by atoms with Crippen LogP contribution in [0.2, 0.25) is 0 Å². The molecule has 1 saturated carbocycles. The molecule has 8 nitrogen and oxygen atoms in total. The summed E-state index contributed by atoms with van der Waals surface area (Å²) in [6, 6.07) is 12.0. The number of aromatic nitrogens is 5. The molecule has 4 aromatic heterocycles. The van der Waals surface area contributed by atoms with E-state index < -0.39 is 10.0 Å². The summed E-state index contributed by atoms with van der Waals surface area (Å²) in [7, 11) is -0.121. The van der Waals surface area contributed by atoms with Crippen molar-refractivity contribution >= 4 is 37.6 Å². The predicted octanol–water partition coefficient (Wildman–Crippen LogP) is 4.06. The third-order valence-corrected chi connectivity index (χ3v) is 7.32. The molecule has 162 valence electrons. The van der Waals surface area contributed by atoms with Gasteiger partial charge in [-0.1, -0.05) is 12.1 Å². The first-order valence-electron chi connectivity index (χ1n) is 10.5. The van der Waals surface area contributed by atoms with E-state index in [9.17, 15) is 8.42 Å². The van der Waals surface area contributed by atoms with Crippen molar-refractivity contribution in [3.63, 3.8) is 0 Å². The maximum atomic E-state index is 13.0. The lowest BCUT2D eigenvalue weighted by atomic mass is 10.0. The van der Waals surface area contributed by atoms with Crippen LogP contribution in [-0.4, -0.2) is 32.3 Å². The highest BCUT2D eigenvalue weighted by Crippen LogP contribution is 2.43. The van der Waals surface area contributed by atoms with Crippen LogP contribution >= 0.6 is 0 Å². The molecule has 5 aromatic rings. The molecule has 32 heavy (non-hydrogen) atoms. The van der Waals surface area contributed by atoms with Gasteiger partial charge in [-0.2, -0.15) is 13.5 Å². The highest BCUT2D eigenvalue weighted by atomic mass is 32.2. The van der Waals surface area contributed by atoms with E-state index >= 15 is 0 Å². The van der Waals surface area contributed by atoms with E-state index in [1.807, 2.05) is 13.2 Å². The van der Waals surface area contributed by atoms with Gasteiger partial charge in [0.2, 0.25) is 0 Å². The van der Waals surface area contributed by atoms with Gasteiger partial charge in [0, 0.05) is 56.0 Å². The molecule has 0 spiro atoms. The van der Waals surface area contributed by atoms with Crippen LogP contribution < -0.4 is 4.72 Å². The van der Waals surface area contributed by atoms with Crippen molar-refractivity contribution in [2.45, 2.75) is 23.9 Å². The van der Waals surface area contributed by atoms with Crippen LogP contribution in [0.15, 0.2) is 66.2 Å². The van der Waals surface area contributed by atoms with E-state index in [1.165, 1.54) is 10.7 Å². The third kappa shape index (κ3) is 3.00. The zero-order valence-electron chi connectivity index (χ0n) is 17.7. The Hall–Kier alpha value is -3.59. The fraction of sp³-hybridized carbons (Fsp3) is 0.217. The number of benzene rings is 1. The Balaban J connectivity index is 1.56. The van der Waals surface area contributed by atoms with Gasteiger partial charge in [0.25, 0.3) is 10.0 Å². The Morgan fingerprint density at radius 3 is 2.66 bits per heavy atom. The van der Waals surface area contributed by atoms with Gasteiger partial charge in [-0.3, -0.25) is 9.40 Å². The van der Waals surface area contributed by atoms with Gasteiger partial charge in [0.1, 0.15) is 5.65 Å². The van der Waals surface area contributed by atoms with E-state index in [-0.39, 0.29) is 5.03 Å². The highest BCUT2D eigenvalue weighted by Gasteiger charge is 2.29. The van der Waals surface area contributed by atoms with E-state index in [2.05, 4.69) is 54.4 Å². The third-order valence-electron chi connectivity index (χ3n) is 6.06. The Labute approximate surface area is 185 Å². The smallest absolute Gasteiger partial charge is 0.281 e. The molecule has 4 heterocycles. The second kappa shape index (κ2) is 6.70. The van der Waals surface area contributed by atoms with E-state index in [4.69, 9.17) is 0 Å². The molecular weight excluding hydrogens is 424 g/mol. The number of rotatable bonds is 5. The summed E-state index contributed by atoms with van der Waals surface area (Å²) >= 11 is 0. The maximum Gasteiger partial charge on any atom is 0.281 e. The van der Waals surface area contributed by atoms with Crippen molar-refractivity contribution in [1.82, 2.24) is 23.9 Å². The number of anilines is 1. The molecule has 1 aliphatic rings. The van der Waals surface area contributed by atoms with Crippen molar-refractivity contribution in [2.24, 2.45) is 14.1 Å². The van der Waals surface area contributed by atoms with Crippen LogP contribution in [0.3, 0.4) is 0 Å². The number of pyridine rings is 1. The zero-order valence-corrected chi connectivity index (χ0v) is 18.5. The minimum Gasteiger partial charge on any atom is -0.351 e. The average Bonchev–Trinajstić information content (AvgIpc) is 3.21. The summed E-state index contributed by atoms with van der Waals surface area (Å²) in [4.78, 5) is 4.63. The van der Waals surface area contributed by atoms with Crippen molar-refractivity contribution < 1.29 is 8.42 Å². The second-order valence-electron chi connectivity index (χ2n) is 8.37. The predicted molar refractivity (Wildman–Crippen MR) is 124 cm³/mol. The maximum absolute atomic E-state index is 13.0. The lowest BCUT2D eigenvalue weighted by Crippen LogP contribution is -2.14. The summed E-state index contributed by atoms with van der Waals surface area (Å²) in [5.41, 5.74) is 4.39. The molecule has 9 heteroatoms. The summed E-state index contributed by atoms with van der Waals surface area (Å²) < 4.78 is 34.5. The van der Waals surface area contributed by atoms with Crippen LogP contribution in [0.5, 0.6) is 0 Å². The molecule has 1 fully saturated rings. The topological polar surface area (TPSA) is 86.7 Å². The van der Waals surface area contributed by atoms with Gasteiger partial charge in [0.05, 0.1) is 11.1 Å². The zero-order chi connectivity index (χ0) is 22.0. The molecule has 1 N–H and O–H groups in total.